The smallest absolute Gasteiger partial charge is 0.331 e. The summed E-state index contributed by atoms with van der Waals surface area (Å²) in [6, 6.07) is 16.6. The number of nitrogens with one attached hydrogen (secondary N) is 1. The molecule has 2 aromatic carbocycles. The van der Waals surface area contributed by atoms with Gasteiger partial charge in [-0.15, -0.1) is 0 Å². The van der Waals surface area contributed by atoms with E-state index in [0.29, 0.717) is 17.7 Å². The molecule has 0 saturated carbocycles. The molecule has 39 heavy (non-hydrogen) atoms. The van der Waals surface area contributed by atoms with Gasteiger partial charge in [0.2, 0.25) is 5.91 Å². The highest BCUT2D eigenvalue weighted by Gasteiger charge is 2.38. The van der Waals surface area contributed by atoms with Gasteiger partial charge in [0.25, 0.3) is 0 Å². The van der Waals surface area contributed by atoms with E-state index in [4.69, 9.17) is 4.99 Å². The predicted molar refractivity (Wildman–Crippen MR) is 136 cm³/mol. The van der Waals surface area contributed by atoms with E-state index in [0.717, 1.165) is 23.6 Å². The van der Waals surface area contributed by atoms with Gasteiger partial charge in [-0.25, -0.2) is 0 Å². The van der Waals surface area contributed by atoms with Crippen molar-refractivity contribution >= 4 is 17.4 Å². The molecule has 0 aromatic heterocycles. The molecule has 0 bridgehead atoms. The van der Waals surface area contributed by atoms with Crippen LogP contribution in [0.3, 0.4) is 0 Å². The lowest BCUT2D eigenvalue weighted by molar-refractivity contribution is -0.146. The van der Waals surface area contributed by atoms with E-state index in [1.54, 1.807) is 0 Å². The Kier molecular flexibility index (Phi) is 9.74. The zero-order valence-corrected chi connectivity index (χ0v) is 21.4. The third-order valence-electron chi connectivity index (χ3n) is 6.72. The molecule has 0 radical (unpaired) electrons. The minimum Gasteiger partial charge on any atom is -0.331 e. The van der Waals surface area contributed by atoms with E-state index in [1.165, 1.54) is 0 Å². The Labute approximate surface area is 223 Å². The molecule has 3 atom stereocenters. The highest BCUT2D eigenvalue weighted by atomic mass is 19.4. The number of nitrogens with zero attached hydrogens (tertiary/aromatic N) is 1. The second-order valence-corrected chi connectivity index (χ2v) is 9.73. The van der Waals surface area contributed by atoms with Crippen LogP contribution in [-0.4, -0.2) is 35.9 Å². The maximum Gasteiger partial charge on any atom is 0.389 e. The van der Waals surface area contributed by atoms with Gasteiger partial charge in [0.15, 0.2) is 0 Å². The molecule has 1 heterocycles. The third kappa shape index (κ3) is 8.80. The molecule has 0 unspecified atom stereocenters. The molecule has 210 valence electrons. The minimum absolute atomic E-state index is 0.329. The second-order valence-electron chi connectivity index (χ2n) is 9.73. The van der Waals surface area contributed by atoms with Crippen LogP contribution in [0, 0.1) is 11.8 Å². The quantitative estimate of drug-likeness (QED) is 0.256. The van der Waals surface area contributed by atoms with E-state index in [2.05, 4.69) is 11.9 Å². The van der Waals surface area contributed by atoms with Gasteiger partial charge in [0.05, 0.1) is 5.71 Å². The van der Waals surface area contributed by atoms with E-state index < -0.39 is 67.7 Å². The predicted octanol–water partition coefficient (Wildman–Crippen LogP) is 6.98. The molecule has 1 aliphatic heterocycles. The number of carbonyl (C=O) groups is 2. The summed E-state index contributed by atoms with van der Waals surface area (Å²) < 4.78 is 77.5. The number of Topliss-reactive ketones (excluding diaryl/α,β-unsaturated/α-hetero) is 1. The van der Waals surface area contributed by atoms with Gasteiger partial charge in [-0.05, 0) is 43.7 Å². The molecule has 0 spiro atoms. The number of hydrogen-bond donors (Lipinski definition) is 1. The van der Waals surface area contributed by atoms with Crippen molar-refractivity contribution in [2.75, 3.05) is 0 Å². The van der Waals surface area contributed by atoms with E-state index in [1.807, 2.05) is 54.6 Å². The fourth-order valence-corrected chi connectivity index (χ4v) is 4.78. The summed E-state index contributed by atoms with van der Waals surface area (Å²) in [6.07, 6.45) is -13.9. The van der Waals surface area contributed by atoms with Crippen molar-refractivity contribution in [3.05, 3.63) is 83.4 Å². The number of amides is 1. The molecule has 1 aliphatic rings. The maximum absolute atomic E-state index is 13.4. The number of hydrogen-bond acceptors (Lipinski definition) is 3. The Hall–Kier alpha value is -3.43. The lowest BCUT2D eigenvalue weighted by Crippen LogP contribution is -2.43. The Morgan fingerprint density at radius 2 is 1.54 bits per heavy atom. The van der Waals surface area contributed by atoms with Crippen LogP contribution in [0.5, 0.6) is 0 Å². The Morgan fingerprint density at radius 1 is 0.923 bits per heavy atom. The largest absolute Gasteiger partial charge is 0.389 e. The fraction of sp³-hybridized carbons (Fsp3) is 0.414. The Morgan fingerprint density at radius 3 is 2.15 bits per heavy atom. The third-order valence-corrected chi connectivity index (χ3v) is 6.72. The Bertz CT molecular complexity index is 1200. The first-order valence-corrected chi connectivity index (χ1v) is 12.6. The summed E-state index contributed by atoms with van der Waals surface area (Å²) in [7, 11) is 0. The molecule has 3 rings (SSSR count). The molecule has 10 heteroatoms. The molecular weight excluding hydrogens is 522 g/mol. The Balaban J connectivity index is 1.93. The standard InChI is InChI=1S/C29H30F6N2O2/c1-18-17-21-11-6-7-12-23(21)25(20-9-4-3-5-10-20)36-26(18)37-27(39)24(14-16-29(33,34)35)22(19(2)38)13-8-15-28(30,31)32/h3-7,9-12,22,24,26H,1,8,13-17H2,2H3,(H,37,39)/t22-,24-,26-/m1/s1. The zero-order valence-electron chi connectivity index (χ0n) is 21.4. The lowest BCUT2D eigenvalue weighted by atomic mass is 9.81. The SMILES string of the molecule is C=C1Cc2ccccc2C(c2ccccc2)=N[C@@H]1NC(=O)[C@H](CCC(F)(F)F)[C@H](CCCC(F)(F)F)C(C)=O. The first kappa shape index (κ1) is 30.1. The maximum atomic E-state index is 13.4. The average Bonchev–Trinajstić information content (AvgIpc) is 2.98. The fourth-order valence-electron chi connectivity index (χ4n) is 4.78. The monoisotopic (exact) mass is 552 g/mol. The van der Waals surface area contributed by atoms with Crippen LogP contribution < -0.4 is 5.32 Å². The van der Waals surface area contributed by atoms with Crippen LogP contribution in [0.2, 0.25) is 0 Å². The van der Waals surface area contributed by atoms with Crippen LogP contribution >= 0.6 is 0 Å². The molecule has 0 saturated heterocycles. The molecule has 0 fully saturated rings. The molecule has 4 nitrogen and oxygen atoms in total. The number of aliphatic imine (C=N–C) groups is 1. The first-order chi connectivity index (χ1) is 18.2. The van der Waals surface area contributed by atoms with Crippen molar-refractivity contribution in [1.82, 2.24) is 5.32 Å². The van der Waals surface area contributed by atoms with Crippen molar-refractivity contribution in [3.8, 4) is 0 Å². The van der Waals surface area contributed by atoms with Gasteiger partial charge in [-0.3, -0.25) is 14.6 Å². The summed E-state index contributed by atoms with van der Waals surface area (Å²) in [5.41, 5.74) is 3.48. The van der Waals surface area contributed by atoms with Gasteiger partial charge in [-0.2, -0.15) is 26.3 Å². The van der Waals surface area contributed by atoms with Crippen molar-refractivity contribution in [1.29, 1.82) is 0 Å². The molecular formula is C29H30F6N2O2. The van der Waals surface area contributed by atoms with E-state index in [-0.39, 0.29) is 6.42 Å². The van der Waals surface area contributed by atoms with Crippen LogP contribution in [0.25, 0.3) is 0 Å². The van der Waals surface area contributed by atoms with Crippen molar-refractivity contribution < 1.29 is 35.9 Å². The van der Waals surface area contributed by atoms with Crippen LogP contribution in [-0.2, 0) is 16.0 Å². The number of ketones is 1. The van der Waals surface area contributed by atoms with Gasteiger partial charge >= 0.3 is 12.4 Å². The van der Waals surface area contributed by atoms with E-state index in [9.17, 15) is 35.9 Å². The topological polar surface area (TPSA) is 58.5 Å². The van der Waals surface area contributed by atoms with Gasteiger partial charge in [0, 0.05) is 35.8 Å². The van der Waals surface area contributed by atoms with Crippen LogP contribution in [0.1, 0.15) is 55.7 Å². The number of benzene rings is 2. The molecule has 1 amide bonds. The summed E-state index contributed by atoms with van der Waals surface area (Å²) in [4.78, 5) is 30.6. The van der Waals surface area contributed by atoms with Gasteiger partial charge < -0.3 is 5.32 Å². The van der Waals surface area contributed by atoms with Gasteiger partial charge in [-0.1, -0.05) is 61.2 Å². The molecule has 0 aliphatic carbocycles. The normalized spacial score (nSPS) is 17.5. The van der Waals surface area contributed by atoms with Gasteiger partial charge in [0.1, 0.15) is 11.9 Å². The number of carbonyl (C=O) groups excluding carboxylic acids is 2. The summed E-state index contributed by atoms with van der Waals surface area (Å²) in [6.45, 7) is 5.13. The van der Waals surface area contributed by atoms with Crippen LogP contribution in [0.15, 0.2) is 71.7 Å². The highest BCUT2D eigenvalue weighted by Crippen LogP contribution is 2.33. The van der Waals surface area contributed by atoms with Crippen molar-refractivity contribution in [2.45, 2.75) is 64.0 Å². The minimum atomic E-state index is -4.61. The highest BCUT2D eigenvalue weighted by molar-refractivity contribution is 6.14. The summed E-state index contributed by atoms with van der Waals surface area (Å²) in [5.74, 6) is -4.30. The lowest BCUT2D eigenvalue weighted by Gasteiger charge is -2.27. The first-order valence-electron chi connectivity index (χ1n) is 12.6. The summed E-state index contributed by atoms with van der Waals surface area (Å²) in [5, 5.41) is 2.65. The zero-order chi connectivity index (χ0) is 28.8. The summed E-state index contributed by atoms with van der Waals surface area (Å²) >= 11 is 0. The number of rotatable bonds is 10. The van der Waals surface area contributed by atoms with Crippen molar-refractivity contribution in [2.24, 2.45) is 16.8 Å². The van der Waals surface area contributed by atoms with Crippen LogP contribution in [0.4, 0.5) is 26.3 Å². The average molecular weight is 553 g/mol. The second kappa shape index (κ2) is 12.6. The number of fused-ring (bicyclic) bond motifs is 1. The number of halogens is 6. The molecule has 1 N–H and O–H groups in total. The van der Waals surface area contributed by atoms with Crippen molar-refractivity contribution in [3.63, 3.8) is 0 Å². The number of alkyl halides is 6. The molecule has 2 aromatic rings. The van der Waals surface area contributed by atoms with E-state index >= 15 is 0 Å².